The van der Waals surface area contributed by atoms with E-state index in [0.717, 1.165) is 31.0 Å². The number of aliphatic hydroxyl groups excluding tert-OH is 1. The molecule has 1 atom stereocenters. The van der Waals surface area contributed by atoms with E-state index in [-0.39, 0.29) is 12.6 Å². The van der Waals surface area contributed by atoms with Gasteiger partial charge in [-0.25, -0.2) is 0 Å². The summed E-state index contributed by atoms with van der Waals surface area (Å²) < 4.78 is 10.6. The molecule has 0 radical (unpaired) electrons. The fraction of sp³-hybridized carbons (Fsp3) is 0.538. The Morgan fingerprint density at radius 1 is 1.41 bits per heavy atom. The van der Waals surface area contributed by atoms with Crippen molar-refractivity contribution < 1.29 is 14.6 Å². The SMILES string of the molecule is COc1ccc(N2CCOCC2CCO)cc1. The molecule has 0 amide bonds. The first-order valence-corrected chi connectivity index (χ1v) is 5.94. The van der Waals surface area contributed by atoms with Crippen LogP contribution in [0.15, 0.2) is 24.3 Å². The van der Waals surface area contributed by atoms with Crippen molar-refractivity contribution in [3.63, 3.8) is 0 Å². The maximum absolute atomic E-state index is 9.06. The highest BCUT2D eigenvalue weighted by Crippen LogP contribution is 2.23. The zero-order chi connectivity index (χ0) is 12.1. The smallest absolute Gasteiger partial charge is 0.119 e. The van der Waals surface area contributed by atoms with E-state index in [1.54, 1.807) is 7.11 Å². The van der Waals surface area contributed by atoms with Crippen LogP contribution in [-0.2, 0) is 4.74 Å². The van der Waals surface area contributed by atoms with Gasteiger partial charge in [0, 0.05) is 18.8 Å². The van der Waals surface area contributed by atoms with E-state index in [4.69, 9.17) is 14.6 Å². The van der Waals surface area contributed by atoms with Crippen LogP contribution in [-0.4, -0.2) is 44.6 Å². The predicted octanol–water partition coefficient (Wildman–Crippen LogP) is 1.28. The van der Waals surface area contributed by atoms with Gasteiger partial charge >= 0.3 is 0 Å². The molecule has 0 saturated carbocycles. The molecule has 1 aromatic carbocycles. The highest BCUT2D eigenvalue weighted by atomic mass is 16.5. The molecule has 1 heterocycles. The minimum atomic E-state index is 0.195. The van der Waals surface area contributed by atoms with Gasteiger partial charge in [-0.3, -0.25) is 0 Å². The van der Waals surface area contributed by atoms with Crippen LogP contribution in [0.2, 0.25) is 0 Å². The van der Waals surface area contributed by atoms with Gasteiger partial charge < -0.3 is 19.5 Å². The van der Waals surface area contributed by atoms with E-state index in [2.05, 4.69) is 17.0 Å². The second-order valence-corrected chi connectivity index (χ2v) is 4.13. The molecule has 4 nitrogen and oxygen atoms in total. The topological polar surface area (TPSA) is 41.9 Å². The molecule has 0 aliphatic carbocycles. The number of nitrogens with zero attached hydrogens (tertiary/aromatic N) is 1. The predicted molar refractivity (Wildman–Crippen MR) is 66.6 cm³/mol. The normalized spacial score (nSPS) is 20.4. The molecule has 1 fully saturated rings. The number of ether oxygens (including phenoxy) is 2. The van der Waals surface area contributed by atoms with Gasteiger partial charge in [0.05, 0.1) is 26.4 Å². The van der Waals surface area contributed by atoms with Crippen LogP contribution in [0.4, 0.5) is 5.69 Å². The van der Waals surface area contributed by atoms with Crippen LogP contribution < -0.4 is 9.64 Å². The fourth-order valence-corrected chi connectivity index (χ4v) is 2.16. The van der Waals surface area contributed by atoms with Crippen molar-refractivity contribution in [2.45, 2.75) is 12.5 Å². The van der Waals surface area contributed by atoms with Crippen LogP contribution in [0.25, 0.3) is 0 Å². The molecule has 1 aliphatic rings. The highest BCUT2D eigenvalue weighted by molar-refractivity contribution is 5.50. The lowest BCUT2D eigenvalue weighted by molar-refractivity contribution is 0.0850. The lowest BCUT2D eigenvalue weighted by Gasteiger charge is -2.37. The largest absolute Gasteiger partial charge is 0.497 e. The molecule has 4 heteroatoms. The standard InChI is InChI=1S/C13H19NO3/c1-16-13-4-2-11(3-5-13)14-7-9-17-10-12(14)6-8-15/h2-5,12,15H,6-10H2,1H3. The minimum Gasteiger partial charge on any atom is -0.497 e. The van der Waals surface area contributed by atoms with Crippen LogP contribution in [0.1, 0.15) is 6.42 Å². The third-order valence-corrected chi connectivity index (χ3v) is 3.09. The molecule has 0 bridgehead atoms. The number of benzene rings is 1. The number of hydrogen-bond acceptors (Lipinski definition) is 4. The Morgan fingerprint density at radius 3 is 2.82 bits per heavy atom. The molecular weight excluding hydrogens is 218 g/mol. The summed E-state index contributed by atoms with van der Waals surface area (Å²) in [6.45, 7) is 2.50. The van der Waals surface area contributed by atoms with Crippen molar-refractivity contribution >= 4 is 5.69 Å². The maximum Gasteiger partial charge on any atom is 0.119 e. The lowest BCUT2D eigenvalue weighted by atomic mass is 10.1. The quantitative estimate of drug-likeness (QED) is 0.856. The Bertz CT molecular complexity index is 337. The fourth-order valence-electron chi connectivity index (χ4n) is 2.16. The second-order valence-electron chi connectivity index (χ2n) is 4.13. The summed E-state index contributed by atoms with van der Waals surface area (Å²) in [7, 11) is 1.66. The van der Waals surface area contributed by atoms with E-state index < -0.39 is 0 Å². The van der Waals surface area contributed by atoms with Gasteiger partial charge in [0.2, 0.25) is 0 Å². The maximum atomic E-state index is 9.06. The molecule has 1 aliphatic heterocycles. The third-order valence-electron chi connectivity index (χ3n) is 3.09. The Morgan fingerprint density at radius 2 is 2.18 bits per heavy atom. The molecule has 1 N–H and O–H groups in total. The van der Waals surface area contributed by atoms with Crippen molar-refractivity contribution in [1.29, 1.82) is 0 Å². The van der Waals surface area contributed by atoms with Crippen LogP contribution in [0.5, 0.6) is 5.75 Å². The zero-order valence-electron chi connectivity index (χ0n) is 10.1. The monoisotopic (exact) mass is 237 g/mol. The van der Waals surface area contributed by atoms with Gasteiger partial charge in [-0.15, -0.1) is 0 Å². The van der Waals surface area contributed by atoms with Crippen LogP contribution in [0, 0.1) is 0 Å². The Balaban J connectivity index is 2.11. The second kappa shape index (κ2) is 5.89. The molecule has 1 unspecified atom stereocenters. The zero-order valence-corrected chi connectivity index (χ0v) is 10.1. The molecule has 94 valence electrons. The van der Waals surface area contributed by atoms with Gasteiger partial charge in [-0.05, 0) is 30.7 Å². The summed E-state index contributed by atoms with van der Waals surface area (Å²) in [4.78, 5) is 2.29. The first kappa shape index (κ1) is 12.2. The average molecular weight is 237 g/mol. The summed E-state index contributed by atoms with van der Waals surface area (Å²) >= 11 is 0. The molecule has 0 aromatic heterocycles. The number of rotatable bonds is 4. The van der Waals surface area contributed by atoms with Crippen molar-refractivity contribution in [1.82, 2.24) is 0 Å². The van der Waals surface area contributed by atoms with Gasteiger partial charge in [0.25, 0.3) is 0 Å². The van der Waals surface area contributed by atoms with Crippen LogP contribution >= 0.6 is 0 Å². The summed E-state index contributed by atoms with van der Waals surface area (Å²) in [5.74, 6) is 0.862. The Hall–Kier alpha value is -1.26. The number of morpholine rings is 1. The molecule has 17 heavy (non-hydrogen) atoms. The van der Waals surface area contributed by atoms with Gasteiger partial charge in [-0.1, -0.05) is 0 Å². The third kappa shape index (κ3) is 2.90. The van der Waals surface area contributed by atoms with Gasteiger partial charge in [0.1, 0.15) is 5.75 Å². The van der Waals surface area contributed by atoms with E-state index in [0.29, 0.717) is 6.61 Å². The van der Waals surface area contributed by atoms with Crippen molar-refractivity contribution in [2.24, 2.45) is 0 Å². The van der Waals surface area contributed by atoms with Crippen LogP contribution in [0.3, 0.4) is 0 Å². The van der Waals surface area contributed by atoms with Crippen molar-refractivity contribution in [3.8, 4) is 5.75 Å². The van der Waals surface area contributed by atoms with Crippen molar-refractivity contribution in [3.05, 3.63) is 24.3 Å². The summed E-state index contributed by atoms with van der Waals surface area (Å²) in [6, 6.07) is 8.28. The molecule has 0 spiro atoms. The number of aliphatic hydroxyl groups is 1. The average Bonchev–Trinajstić information content (AvgIpc) is 2.40. The first-order chi connectivity index (χ1) is 8.35. The van der Waals surface area contributed by atoms with E-state index in [9.17, 15) is 0 Å². The Kier molecular flexibility index (Phi) is 4.23. The first-order valence-electron chi connectivity index (χ1n) is 5.94. The minimum absolute atomic E-state index is 0.195. The van der Waals surface area contributed by atoms with E-state index >= 15 is 0 Å². The lowest BCUT2D eigenvalue weighted by Crippen LogP contribution is -2.46. The van der Waals surface area contributed by atoms with E-state index in [1.165, 1.54) is 0 Å². The van der Waals surface area contributed by atoms with Crippen molar-refractivity contribution in [2.75, 3.05) is 38.4 Å². The Labute approximate surface area is 102 Å². The molecular formula is C13H19NO3. The molecule has 2 rings (SSSR count). The summed E-state index contributed by atoms with van der Waals surface area (Å²) in [6.07, 6.45) is 0.742. The number of anilines is 1. The summed E-state index contributed by atoms with van der Waals surface area (Å²) in [5.41, 5.74) is 1.16. The molecule has 1 aromatic rings. The number of hydrogen-bond donors (Lipinski definition) is 1. The van der Waals surface area contributed by atoms with Gasteiger partial charge in [-0.2, -0.15) is 0 Å². The summed E-state index contributed by atoms with van der Waals surface area (Å²) in [5, 5.41) is 9.06. The van der Waals surface area contributed by atoms with Gasteiger partial charge in [0.15, 0.2) is 0 Å². The number of methoxy groups -OCH3 is 1. The highest BCUT2D eigenvalue weighted by Gasteiger charge is 2.22. The van der Waals surface area contributed by atoms with E-state index in [1.807, 2.05) is 12.1 Å². The molecule has 1 saturated heterocycles.